The van der Waals surface area contributed by atoms with Crippen LogP contribution in [0.15, 0.2) is 4.47 Å². The smallest absolute Gasteiger partial charge is 0.407 e. The van der Waals surface area contributed by atoms with E-state index in [0.29, 0.717) is 27.1 Å². The van der Waals surface area contributed by atoms with Gasteiger partial charge in [0, 0.05) is 24.4 Å². The second kappa shape index (κ2) is 7.94. The Kier molecular flexibility index (Phi) is 6.02. The maximum atomic E-state index is 12.0. The number of carbonyl (C=O) groups excluding carboxylic acids is 1. The van der Waals surface area contributed by atoms with Gasteiger partial charge < -0.3 is 24.6 Å². The number of alkyl carbamates (subject to hydrolysis) is 1. The summed E-state index contributed by atoms with van der Waals surface area (Å²) in [6.07, 6.45) is 2.82. The van der Waals surface area contributed by atoms with Crippen molar-refractivity contribution in [2.24, 2.45) is 5.92 Å². The number of carbonyl (C=O) groups is 2. The van der Waals surface area contributed by atoms with Gasteiger partial charge in [0.2, 0.25) is 0 Å². The Labute approximate surface area is 185 Å². The zero-order valence-electron chi connectivity index (χ0n) is 18.3. The van der Waals surface area contributed by atoms with Crippen molar-refractivity contribution in [3.63, 3.8) is 0 Å². The van der Waals surface area contributed by atoms with Crippen LogP contribution in [0, 0.1) is 19.8 Å². The molecule has 1 atom stereocenters. The molecule has 1 aliphatic heterocycles. The van der Waals surface area contributed by atoms with Crippen LogP contribution in [-0.2, 0) is 4.74 Å². The van der Waals surface area contributed by atoms with Crippen LogP contribution in [0.3, 0.4) is 0 Å². The van der Waals surface area contributed by atoms with E-state index >= 15 is 0 Å². The molecule has 1 heterocycles. The van der Waals surface area contributed by atoms with Crippen molar-refractivity contribution in [1.29, 1.82) is 0 Å². The van der Waals surface area contributed by atoms with Crippen LogP contribution in [-0.4, -0.2) is 34.6 Å². The molecule has 3 rings (SSSR count). The van der Waals surface area contributed by atoms with E-state index in [0.717, 1.165) is 25.7 Å². The summed E-state index contributed by atoms with van der Waals surface area (Å²) in [5.41, 5.74) is 0.905. The Bertz CT molecular complexity index is 870. The van der Waals surface area contributed by atoms with E-state index in [4.69, 9.17) is 14.2 Å². The van der Waals surface area contributed by atoms with Crippen molar-refractivity contribution in [3.8, 4) is 11.5 Å². The van der Waals surface area contributed by atoms with Crippen molar-refractivity contribution >= 4 is 28.0 Å². The van der Waals surface area contributed by atoms with Crippen LogP contribution in [0.5, 0.6) is 11.5 Å². The van der Waals surface area contributed by atoms with E-state index in [9.17, 15) is 14.7 Å². The highest BCUT2D eigenvalue weighted by Crippen LogP contribution is 2.52. The lowest BCUT2D eigenvalue weighted by Crippen LogP contribution is -2.48. The van der Waals surface area contributed by atoms with E-state index in [1.165, 1.54) is 0 Å². The summed E-state index contributed by atoms with van der Waals surface area (Å²) in [6, 6.07) is 0.0535. The Morgan fingerprint density at radius 3 is 2.20 bits per heavy atom. The minimum Gasteiger partial charge on any atom is -0.478 e. The predicted octanol–water partition coefficient (Wildman–Crippen LogP) is 5.34. The molecule has 0 saturated heterocycles. The van der Waals surface area contributed by atoms with Gasteiger partial charge in [-0.25, -0.2) is 9.59 Å². The number of rotatable bonds is 3. The number of benzene rings is 1. The van der Waals surface area contributed by atoms with Crippen LogP contribution in [0.25, 0.3) is 0 Å². The van der Waals surface area contributed by atoms with E-state index in [1.54, 1.807) is 13.8 Å². The first-order chi connectivity index (χ1) is 13.8. The molecule has 1 aromatic carbocycles. The van der Waals surface area contributed by atoms with Gasteiger partial charge in [-0.15, -0.1) is 0 Å². The topological polar surface area (TPSA) is 94.1 Å². The van der Waals surface area contributed by atoms with Crippen molar-refractivity contribution < 1.29 is 28.9 Å². The average Bonchev–Trinajstić information content (AvgIpc) is 2.98. The van der Waals surface area contributed by atoms with Crippen LogP contribution in [0.2, 0.25) is 0 Å². The SMILES string of the molecule is Cc1c(Br)c2c(c(C)c1C(=O)O)OC(C)(C1CCC(NC(=O)OC(C)(C)C)CC1)O2. The first-order valence-corrected chi connectivity index (χ1v) is 11.0. The lowest BCUT2D eigenvalue weighted by Gasteiger charge is -2.37. The summed E-state index contributed by atoms with van der Waals surface area (Å²) in [4.78, 5) is 23.7. The number of halogens is 1. The second-order valence-electron chi connectivity index (χ2n) is 9.32. The summed E-state index contributed by atoms with van der Waals surface area (Å²) in [6.45, 7) is 10.9. The number of carboxylic acid groups (broad SMARTS) is 1. The molecule has 1 saturated carbocycles. The normalized spacial score (nSPS) is 25.7. The molecule has 8 heteroatoms. The molecule has 1 aromatic rings. The third kappa shape index (κ3) is 4.38. The third-order valence-corrected chi connectivity index (χ3v) is 6.79. The number of fused-ring (bicyclic) bond motifs is 1. The Morgan fingerprint density at radius 1 is 1.10 bits per heavy atom. The Balaban J connectivity index is 1.70. The second-order valence-corrected chi connectivity index (χ2v) is 10.1. The monoisotopic (exact) mass is 483 g/mol. The number of carboxylic acids is 1. The van der Waals surface area contributed by atoms with Gasteiger partial charge in [0.25, 0.3) is 5.79 Å². The molecule has 2 N–H and O–H groups in total. The molecule has 1 fully saturated rings. The molecule has 0 aromatic heterocycles. The number of aromatic carboxylic acids is 1. The summed E-state index contributed by atoms with van der Waals surface area (Å²) < 4.78 is 18.5. The molecular weight excluding hydrogens is 454 g/mol. The first kappa shape index (κ1) is 22.7. The molecular formula is C22H30BrNO6. The fraction of sp³-hybridized carbons (Fsp3) is 0.636. The Morgan fingerprint density at radius 2 is 1.67 bits per heavy atom. The molecule has 1 aliphatic carbocycles. The molecule has 166 valence electrons. The fourth-order valence-electron chi connectivity index (χ4n) is 4.31. The van der Waals surface area contributed by atoms with Crippen LogP contribution < -0.4 is 14.8 Å². The fourth-order valence-corrected chi connectivity index (χ4v) is 4.77. The number of amides is 1. The zero-order valence-corrected chi connectivity index (χ0v) is 19.9. The van der Waals surface area contributed by atoms with Gasteiger partial charge in [-0.05, 0) is 81.8 Å². The van der Waals surface area contributed by atoms with E-state index < -0.39 is 23.5 Å². The highest BCUT2D eigenvalue weighted by Gasteiger charge is 2.48. The standard InChI is InChI=1S/C22H30BrNO6/c1-11-15(19(25)26)12(2)17-18(16(11)23)29-22(6,28-17)13-7-9-14(10-8-13)24-20(27)30-21(3,4)5/h13-14H,7-10H2,1-6H3,(H,24,27)(H,25,26). The van der Waals surface area contributed by atoms with Gasteiger partial charge in [0.05, 0.1) is 10.0 Å². The molecule has 0 spiro atoms. The van der Waals surface area contributed by atoms with Crippen molar-refractivity contribution in [1.82, 2.24) is 5.32 Å². The van der Waals surface area contributed by atoms with Crippen LogP contribution >= 0.6 is 15.9 Å². The summed E-state index contributed by atoms with van der Waals surface area (Å²) in [5.74, 6) is -0.704. The number of hydrogen-bond acceptors (Lipinski definition) is 5. The van der Waals surface area contributed by atoms with Crippen molar-refractivity contribution in [3.05, 3.63) is 21.2 Å². The predicted molar refractivity (Wildman–Crippen MR) is 115 cm³/mol. The van der Waals surface area contributed by atoms with Gasteiger partial charge >= 0.3 is 12.1 Å². The van der Waals surface area contributed by atoms with Crippen molar-refractivity contribution in [2.45, 2.75) is 84.7 Å². The largest absolute Gasteiger partial charge is 0.478 e. The number of nitrogens with one attached hydrogen (secondary N) is 1. The van der Waals surface area contributed by atoms with Gasteiger partial charge in [-0.3, -0.25) is 0 Å². The van der Waals surface area contributed by atoms with E-state index in [-0.39, 0.29) is 17.5 Å². The highest BCUT2D eigenvalue weighted by atomic mass is 79.9. The molecule has 30 heavy (non-hydrogen) atoms. The zero-order chi connectivity index (χ0) is 22.4. The molecule has 1 unspecified atom stereocenters. The Hall–Kier alpha value is -1.96. The molecule has 0 bridgehead atoms. The summed E-state index contributed by atoms with van der Waals surface area (Å²) >= 11 is 3.49. The van der Waals surface area contributed by atoms with Gasteiger partial charge in [-0.2, -0.15) is 0 Å². The number of ether oxygens (including phenoxy) is 3. The lowest BCUT2D eigenvalue weighted by atomic mass is 9.81. The van der Waals surface area contributed by atoms with E-state index in [2.05, 4.69) is 21.2 Å². The summed E-state index contributed by atoms with van der Waals surface area (Å²) in [5, 5.41) is 12.5. The third-order valence-electron chi connectivity index (χ3n) is 5.84. The van der Waals surface area contributed by atoms with Gasteiger partial charge in [0.15, 0.2) is 11.5 Å². The number of hydrogen-bond donors (Lipinski definition) is 2. The maximum Gasteiger partial charge on any atom is 0.407 e. The minimum absolute atomic E-state index is 0.0535. The lowest BCUT2D eigenvalue weighted by molar-refractivity contribution is -0.121. The van der Waals surface area contributed by atoms with Gasteiger partial charge in [0.1, 0.15) is 5.60 Å². The van der Waals surface area contributed by atoms with Crippen molar-refractivity contribution in [2.75, 3.05) is 0 Å². The molecule has 0 radical (unpaired) electrons. The van der Waals surface area contributed by atoms with Gasteiger partial charge in [-0.1, -0.05) is 0 Å². The summed E-state index contributed by atoms with van der Waals surface area (Å²) in [7, 11) is 0. The quantitative estimate of drug-likeness (QED) is 0.602. The minimum atomic E-state index is -0.987. The maximum absolute atomic E-state index is 12.0. The van der Waals surface area contributed by atoms with Crippen LogP contribution in [0.1, 0.15) is 74.9 Å². The first-order valence-electron chi connectivity index (χ1n) is 10.3. The molecule has 2 aliphatic rings. The molecule has 7 nitrogen and oxygen atoms in total. The average molecular weight is 484 g/mol. The highest BCUT2D eigenvalue weighted by molar-refractivity contribution is 9.10. The van der Waals surface area contributed by atoms with Crippen LogP contribution in [0.4, 0.5) is 4.79 Å². The van der Waals surface area contributed by atoms with E-state index in [1.807, 2.05) is 27.7 Å². The molecule has 1 amide bonds.